The van der Waals surface area contributed by atoms with Gasteiger partial charge in [0.15, 0.2) is 11.4 Å². The van der Waals surface area contributed by atoms with Gasteiger partial charge in [0, 0.05) is 19.5 Å². The number of hydrogen-bond acceptors (Lipinski definition) is 6. The van der Waals surface area contributed by atoms with Gasteiger partial charge in [-0.3, -0.25) is 9.69 Å². The lowest BCUT2D eigenvalue weighted by molar-refractivity contribution is 0.0199. The highest BCUT2D eigenvalue weighted by atomic mass is 35.5. The first-order valence-electron chi connectivity index (χ1n) is 8.79. The number of rotatable bonds is 4. The van der Waals surface area contributed by atoms with Crippen molar-refractivity contribution < 1.29 is 19.4 Å². The first-order valence-corrected chi connectivity index (χ1v) is 9.17. The number of aromatic nitrogens is 3. The van der Waals surface area contributed by atoms with E-state index in [0.717, 1.165) is 12.8 Å². The monoisotopic (exact) mass is 394 g/mol. The average molecular weight is 395 g/mol. The minimum Gasteiger partial charge on any atom is -0.443 e. The maximum atomic E-state index is 12.6. The molecule has 2 atom stereocenters. The summed E-state index contributed by atoms with van der Waals surface area (Å²) in [5, 5.41) is 14.1. The molecular formula is C18H23ClN4O4. The van der Waals surface area contributed by atoms with E-state index >= 15 is 0 Å². The third kappa shape index (κ3) is 4.06. The van der Waals surface area contributed by atoms with Crippen molar-refractivity contribution in [3.8, 4) is 0 Å². The van der Waals surface area contributed by atoms with Gasteiger partial charge in [-0.2, -0.15) is 9.61 Å². The van der Waals surface area contributed by atoms with Crippen LogP contribution in [0.1, 0.15) is 50.4 Å². The van der Waals surface area contributed by atoms with Gasteiger partial charge in [0.05, 0.1) is 17.9 Å². The van der Waals surface area contributed by atoms with Gasteiger partial charge >= 0.3 is 6.09 Å². The first kappa shape index (κ1) is 19.6. The number of hydrogen-bond donors (Lipinski definition) is 1. The highest BCUT2D eigenvalue weighted by Crippen LogP contribution is 2.32. The summed E-state index contributed by atoms with van der Waals surface area (Å²) in [5.74, 6) is 0.145. The van der Waals surface area contributed by atoms with Gasteiger partial charge in [-0.15, -0.1) is 0 Å². The van der Waals surface area contributed by atoms with Crippen LogP contribution in [0.25, 0.3) is 5.65 Å². The van der Waals surface area contributed by atoms with Crippen LogP contribution in [0.15, 0.2) is 12.3 Å². The summed E-state index contributed by atoms with van der Waals surface area (Å²) >= 11 is 6.12. The number of aliphatic hydroxyl groups excluding tert-OH is 1. The van der Waals surface area contributed by atoms with Crippen LogP contribution in [-0.4, -0.2) is 50.3 Å². The number of carbonyl (C=O) groups is 2. The highest BCUT2D eigenvalue weighted by molar-refractivity contribution is 6.30. The lowest BCUT2D eigenvalue weighted by Crippen LogP contribution is -2.35. The van der Waals surface area contributed by atoms with Crippen LogP contribution in [0.4, 0.5) is 10.6 Å². The number of ketones is 1. The van der Waals surface area contributed by atoms with E-state index in [4.69, 9.17) is 16.3 Å². The predicted octanol–water partition coefficient (Wildman–Crippen LogP) is 3.10. The highest BCUT2D eigenvalue weighted by Gasteiger charge is 2.32. The van der Waals surface area contributed by atoms with Crippen molar-refractivity contribution in [3.05, 3.63) is 23.0 Å². The Bertz CT molecular complexity index is 889. The van der Waals surface area contributed by atoms with E-state index in [1.54, 1.807) is 20.8 Å². The van der Waals surface area contributed by atoms with Crippen LogP contribution in [0.3, 0.4) is 0 Å². The zero-order chi connectivity index (χ0) is 19.9. The van der Waals surface area contributed by atoms with Crippen molar-refractivity contribution in [1.82, 2.24) is 14.6 Å². The van der Waals surface area contributed by atoms with Gasteiger partial charge in [-0.05, 0) is 39.5 Å². The van der Waals surface area contributed by atoms with Crippen molar-refractivity contribution in [1.29, 1.82) is 0 Å². The lowest BCUT2D eigenvalue weighted by atomic mass is 9.78. The van der Waals surface area contributed by atoms with E-state index in [1.807, 2.05) is 0 Å². The van der Waals surface area contributed by atoms with E-state index in [9.17, 15) is 14.7 Å². The van der Waals surface area contributed by atoms with Gasteiger partial charge in [0.2, 0.25) is 0 Å². The number of nitrogens with zero attached hydrogens (tertiary/aromatic N) is 4. The molecule has 0 saturated heterocycles. The SMILES string of the molecule is CN(C(=O)OC(C)(C)C)c1cc(Cl)nc2c(C(=O)CC3CC[C@H]3O)cnn12. The Morgan fingerprint density at radius 3 is 2.67 bits per heavy atom. The molecule has 0 bridgehead atoms. The topological polar surface area (TPSA) is 97.0 Å². The lowest BCUT2D eigenvalue weighted by Gasteiger charge is -2.31. The fourth-order valence-corrected chi connectivity index (χ4v) is 3.09. The molecule has 2 aromatic heterocycles. The largest absolute Gasteiger partial charge is 0.443 e. The van der Waals surface area contributed by atoms with Gasteiger partial charge in [-0.25, -0.2) is 9.78 Å². The summed E-state index contributed by atoms with van der Waals surface area (Å²) in [6, 6.07) is 1.48. The van der Waals surface area contributed by atoms with Crippen LogP contribution in [-0.2, 0) is 4.74 Å². The predicted molar refractivity (Wildman–Crippen MR) is 100 cm³/mol. The third-order valence-electron chi connectivity index (χ3n) is 4.56. The number of fused-ring (bicyclic) bond motifs is 1. The molecule has 1 amide bonds. The smallest absolute Gasteiger partial charge is 0.415 e. The molecule has 0 radical (unpaired) electrons. The maximum absolute atomic E-state index is 12.6. The number of halogens is 1. The quantitative estimate of drug-likeness (QED) is 0.632. The van der Waals surface area contributed by atoms with Gasteiger partial charge < -0.3 is 9.84 Å². The number of anilines is 1. The Balaban J connectivity index is 1.93. The summed E-state index contributed by atoms with van der Waals surface area (Å²) in [7, 11) is 1.53. The van der Waals surface area contributed by atoms with E-state index in [-0.39, 0.29) is 28.9 Å². The van der Waals surface area contributed by atoms with Crippen molar-refractivity contribution in [2.75, 3.05) is 11.9 Å². The van der Waals surface area contributed by atoms with Crippen LogP contribution < -0.4 is 4.90 Å². The van der Waals surface area contributed by atoms with Crippen molar-refractivity contribution in [3.63, 3.8) is 0 Å². The molecule has 146 valence electrons. The van der Waals surface area contributed by atoms with E-state index in [1.165, 1.54) is 28.7 Å². The van der Waals surface area contributed by atoms with Crippen molar-refractivity contribution >= 4 is 34.9 Å². The normalized spacial score (nSPS) is 19.6. The second kappa shape index (κ2) is 7.09. The Kier molecular flexibility index (Phi) is 5.14. The summed E-state index contributed by atoms with van der Waals surface area (Å²) in [4.78, 5) is 30.5. The average Bonchev–Trinajstić information content (AvgIpc) is 2.98. The molecule has 3 rings (SSSR count). The van der Waals surface area contributed by atoms with Crippen LogP contribution in [0, 0.1) is 5.92 Å². The fraction of sp³-hybridized carbons (Fsp3) is 0.556. The van der Waals surface area contributed by atoms with E-state index < -0.39 is 17.8 Å². The molecule has 8 nitrogen and oxygen atoms in total. The first-order chi connectivity index (χ1) is 12.6. The number of ether oxygens (including phenoxy) is 1. The standard InChI is InChI=1S/C18H23ClN4O4/c1-18(2,3)27-17(26)22(4)15-8-14(19)21-16-11(9-20-23(15)16)13(25)7-10-5-6-12(10)24/h8-10,12,24H,5-7H2,1-4H3/t10?,12-/m1/s1. The Labute approximate surface area is 162 Å². The minimum absolute atomic E-state index is 0.0319. The molecule has 0 spiro atoms. The second-order valence-corrected chi connectivity index (χ2v) is 8.19. The summed E-state index contributed by atoms with van der Waals surface area (Å²) in [5.41, 5.74) is -0.0713. The number of Topliss-reactive ketones (excluding diaryl/α,β-unsaturated/α-hetero) is 1. The molecule has 27 heavy (non-hydrogen) atoms. The van der Waals surface area contributed by atoms with E-state index in [0.29, 0.717) is 11.4 Å². The van der Waals surface area contributed by atoms with Crippen molar-refractivity contribution in [2.45, 2.75) is 51.7 Å². The summed E-state index contributed by atoms with van der Waals surface area (Å²) < 4.78 is 6.76. The number of aliphatic hydroxyl groups is 1. The molecule has 9 heteroatoms. The van der Waals surface area contributed by atoms with Gasteiger partial charge in [-0.1, -0.05) is 11.6 Å². The number of amides is 1. The van der Waals surface area contributed by atoms with Crippen LogP contribution in [0.2, 0.25) is 5.15 Å². The molecule has 1 N–H and O–H groups in total. The Hall–Kier alpha value is -2.19. The molecule has 1 aliphatic rings. The molecule has 1 aliphatic carbocycles. The Morgan fingerprint density at radius 2 is 2.11 bits per heavy atom. The van der Waals surface area contributed by atoms with Crippen molar-refractivity contribution in [2.24, 2.45) is 5.92 Å². The van der Waals surface area contributed by atoms with E-state index in [2.05, 4.69) is 10.1 Å². The van der Waals surface area contributed by atoms with Gasteiger partial charge in [0.1, 0.15) is 16.6 Å². The molecular weight excluding hydrogens is 372 g/mol. The molecule has 0 aliphatic heterocycles. The van der Waals surface area contributed by atoms with Gasteiger partial charge in [0.25, 0.3) is 0 Å². The third-order valence-corrected chi connectivity index (χ3v) is 4.75. The van der Waals surface area contributed by atoms with Crippen LogP contribution in [0.5, 0.6) is 0 Å². The minimum atomic E-state index is -0.657. The Morgan fingerprint density at radius 1 is 1.41 bits per heavy atom. The van der Waals surface area contributed by atoms with Crippen LogP contribution >= 0.6 is 11.6 Å². The molecule has 1 fully saturated rings. The molecule has 1 unspecified atom stereocenters. The second-order valence-electron chi connectivity index (χ2n) is 7.80. The summed E-state index contributed by atoms with van der Waals surface area (Å²) in [6.45, 7) is 5.31. The zero-order valence-electron chi connectivity index (χ0n) is 15.8. The zero-order valence-corrected chi connectivity index (χ0v) is 16.5. The summed E-state index contributed by atoms with van der Waals surface area (Å²) in [6.07, 6.45) is 2.19. The maximum Gasteiger partial charge on any atom is 0.415 e. The molecule has 2 aromatic rings. The molecule has 1 saturated carbocycles. The number of carbonyl (C=O) groups excluding carboxylic acids is 2. The molecule has 0 aromatic carbocycles. The fourth-order valence-electron chi connectivity index (χ4n) is 2.92. The molecule has 2 heterocycles.